The van der Waals surface area contributed by atoms with Gasteiger partial charge in [0.1, 0.15) is 16.5 Å². The first-order valence-corrected chi connectivity index (χ1v) is 11.0. The van der Waals surface area contributed by atoms with Crippen LogP contribution < -0.4 is 4.65 Å². The Balaban J connectivity index is 4.02. The maximum atomic E-state index is 3.91. The number of rotatable bonds is 4. The van der Waals surface area contributed by atoms with E-state index in [4.69, 9.17) is 0 Å². The zero-order chi connectivity index (χ0) is 9.12. The summed E-state index contributed by atoms with van der Waals surface area (Å²) in [6.45, 7) is 14.3. The molecule has 3 heteroatoms. The molecular formula is C8H23NSi2. The minimum atomic E-state index is -1.02. The molecule has 68 valence electrons. The molecule has 0 fully saturated rings. The van der Waals surface area contributed by atoms with Gasteiger partial charge in [-0.3, -0.25) is 0 Å². The van der Waals surface area contributed by atoms with E-state index in [1.165, 1.54) is 12.1 Å². The van der Waals surface area contributed by atoms with Crippen molar-refractivity contribution in [3.8, 4) is 0 Å². The van der Waals surface area contributed by atoms with Crippen LogP contribution in [0.3, 0.4) is 0 Å². The highest BCUT2D eigenvalue weighted by molar-refractivity contribution is 6.91. The molecular weight excluding hydrogens is 166 g/mol. The Hall–Kier alpha value is 0.394. The molecule has 0 bridgehead atoms. The average molecular weight is 189 g/mol. The van der Waals surface area contributed by atoms with Crippen molar-refractivity contribution in [1.29, 1.82) is 0 Å². The van der Waals surface area contributed by atoms with Crippen molar-refractivity contribution in [1.82, 2.24) is 4.65 Å². The van der Waals surface area contributed by atoms with Crippen molar-refractivity contribution >= 4 is 16.5 Å². The Kier molecular flexibility index (Phi) is 4.01. The number of hydrogen-bond donors (Lipinski definition) is 1. The fourth-order valence-corrected chi connectivity index (χ4v) is 9.84. The number of nitrogens with one attached hydrogen (secondary N) is 1. The summed E-state index contributed by atoms with van der Waals surface area (Å²) in [6, 6.07) is 2.70. The van der Waals surface area contributed by atoms with Crippen molar-refractivity contribution in [2.75, 3.05) is 0 Å². The van der Waals surface area contributed by atoms with Crippen LogP contribution in [0, 0.1) is 0 Å². The van der Waals surface area contributed by atoms with Gasteiger partial charge in [0.15, 0.2) is 0 Å². The van der Waals surface area contributed by atoms with E-state index >= 15 is 0 Å². The normalized spacial score (nSPS) is 13.6. The maximum Gasteiger partial charge on any atom is 0.112 e. The zero-order valence-electron chi connectivity index (χ0n) is 8.91. The first kappa shape index (κ1) is 11.4. The Morgan fingerprint density at radius 2 is 1.09 bits per heavy atom. The van der Waals surface area contributed by atoms with Gasteiger partial charge in [0.25, 0.3) is 0 Å². The third-order valence-corrected chi connectivity index (χ3v) is 11.4. The van der Waals surface area contributed by atoms with Gasteiger partial charge in [-0.15, -0.1) is 0 Å². The summed E-state index contributed by atoms with van der Waals surface area (Å²) < 4.78 is 3.91. The van der Waals surface area contributed by atoms with Crippen LogP contribution in [0.5, 0.6) is 0 Å². The summed E-state index contributed by atoms with van der Waals surface area (Å²) >= 11 is 0. The second-order valence-electron chi connectivity index (χ2n) is 4.60. The lowest BCUT2D eigenvalue weighted by molar-refractivity contribution is 1.17. The first-order valence-electron chi connectivity index (χ1n) is 4.62. The van der Waals surface area contributed by atoms with E-state index in [1.54, 1.807) is 0 Å². The van der Waals surface area contributed by atoms with E-state index in [-0.39, 0.29) is 0 Å². The molecule has 11 heavy (non-hydrogen) atoms. The van der Waals surface area contributed by atoms with Crippen LogP contribution in [0.4, 0.5) is 0 Å². The van der Waals surface area contributed by atoms with Gasteiger partial charge in [-0.1, -0.05) is 40.0 Å². The van der Waals surface area contributed by atoms with Gasteiger partial charge in [-0.2, -0.15) is 0 Å². The van der Waals surface area contributed by atoms with Crippen molar-refractivity contribution < 1.29 is 0 Å². The molecule has 0 aliphatic rings. The molecule has 0 radical (unpaired) electrons. The van der Waals surface area contributed by atoms with E-state index in [9.17, 15) is 0 Å². The van der Waals surface area contributed by atoms with Gasteiger partial charge in [0.05, 0.1) is 0 Å². The summed E-state index contributed by atoms with van der Waals surface area (Å²) in [6.07, 6.45) is 0. The Labute approximate surface area is 73.8 Å². The van der Waals surface area contributed by atoms with Gasteiger partial charge in [-0.05, 0) is 12.1 Å². The molecule has 0 unspecified atom stereocenters. The topological polar surface area (TPSA) is 12.0 Å². The lowest BCUT2D eigenvalue weighted by Crippen LogP contribution is -2.58. The van der Waals surface area contributed by atoms with Crippen molar-refractivity contribution in [3.05, 3.63) is 0 Å². The predicted molar refractivity (Wildman–Crippen MR) is 59.1 cm³/mol. The second-order valence-corrected chi connectivity index (χ2v) is 14.5. The van der Waals surface area contributed by atoms with Crippen LogP contribution in [-0.2, 0) is 0 Å². The minimum absolute atomic E-state index is 1.02. The highest BCUT2D eigenvalue weighted by Gasteiger charge is 2.27. The molecule has 1 N–H and O–H groups in total. The van der Waals surface area contributed by atoms with E-state index in [1.807, 2.05) is 0 Å². The van der Waals surface area contributed by atoms with Crippen LogP contribution in [0.2, 0.25) is 38.3 Å². The molecule has 0 saturated carbocycles. The Bertz CT molecular complexity index is 107. The van der Waals surface area contributed by atoms with Gasteiger partial charge in [-0.25, -0.2) is 0 Å². The molecule has 0 saturated heterocycles. The van der Waals surface area contributed by atoms with E-state index in [2.05, 4.69) is 44.7 Å². The molecule has 0 aromatic heterocycles. The highest BCUT2D eigenvalue weighted by atomic mass is 28.4. The Morgan fingerprint density at radius 1 is 0.818 bits per heavy atom. The largest absolute Gasteiger partial charge is 0.359 e. The van der Waals surface area contributed by atoms with Crippen LogP contribution >= 0.6 is 0 Å². The van der Waals surface area contributed by atoms with Crippen molar-refractivity contribution in [3.63, 3.8) is 0 Å². The van der Waals surface area contributed by atoms with E-state index in [0.717, 1.165) is 0 Å². The first-order chi connectivity index (χ1) is 4.83. The van der Waals surface area contributed by atoms with Crippen LogP contribution in [0.15, 0.2) is 0 Å². The van der Waals surface area contributed by atoms with Crippen LogP contribution in [-0.4, -0.2) is 16.5 Å². The number of hydrogen-bond acceptors (Lipinski definition) is 1. The van der Waals surface area contributed by atoms with Gasteiger partial charge in [0.2, 0.25) is 0 Å². The Morgan fingerprint density at radius 3 is 1.27 bits per heavy atom. The predicted octanol–water partition coefficient (Wildman–Crippen LogP) is 3.03. The summed E-state index contributed by atoms with van der Waals surface area (Å²) in [5.41, 5.74) is 0. The summed E-state index contributed by atoms with van der Waals surface area (Å²) in [4.78, 5) is 0. The molecule has 1 nitrogen and oxygen atoms in total. The SMILES string of the molecule is CC[Si](C)(C)N[Si](C)(C)CC. The second kappa shape index (κ2) is 3.87. The molecule has 0 aliphatic carbocycles. The quantitative estimate of drug-likeness (QED) is 0.670. The van der Waals surface area contributed by atoms with Gasteiger partial charge >= 0.3 is 0 Å². The van der Waals surface area contributed by atoms with E-state index < -0.39 is 16.5 Å². The lowest BCUT2D eigenvalue weighted by Gasteiger charge is -2.33. The fourth-order valence-electron chi connectivity index (χ4n) is 1.09. The standard InChI is InChI=1S/C8H23NSi2/c1-7-10(3,4)9-11(5,6)8-2/h9H,7-8H2,1-6H3. The summed E-state index contributed by atoms with van der Waals surface area (Å²) in [7, 11) is -2.04. The van der Waals surface area contributed by atoms with Crippen LogP contribution in [0.1, 0.15) is 13.8 Å². The molecule has 0 heterocycles. The molecule has 0 rings (SSSR count). The smallest absolute Gasteiger partial charge is 0.112 e. The molecule has 0 amide bonds. The highest BCUT2D eigenvalue weighted by Crippen LogP contribution is 2.11. The zero-order valence-corrected chi connectivity index (χ0v) is 10.9. The molecule has 0 atom stereocenters. The molecule has 0 aromatic carbocycles. The maximum absolute atomic E-state index is 3.91. The molecule has 0 spiro atoms. The summed E-state index contributed by atoms with van der Waals surface area (Å²) in [5.74, 6) is 0. The molecule has 0 aliphatic heterocycles. The molecule has 0 aromatic rings. The monoisotopic (exact) mass is 189 g/mol. The minimum Gasteiger partial charge on any atom is -0.359 e. The fraction of sp³-hybridized carbons (Fsp3) is 1.00. The third kappa shape index (κ3) is 4.77. The lowest BCUT2D eigenvalue weighted by atomic mass is 11.0. The van der Waals surface area contributed by atoms with Gasteiger partial charge in [0, 0.05) is 0 Å². The van der Waals surface area contributed by atoms with Crippen LogP contribution in [0.25, 0.3) is 0 Å². The van der Waals surface area contributed by atoms with Crippen molar-refractivity contribution in [2.24, 2.45) is 0 Å². The van der Waals surface area contributed by atoms with Crippen molar-refractivity contribution in [2.45, 2.75) is 52.1 Å². The van der Waals surface area contributed by atoms with E-state index in [0.29, 0.717) is 0 Å². The summed E-state index contributed by atoms with van der Waals surface area (Å²) in [5, 5.41) is 0. The third-order valence-electron chi connectivity index (χ3n) is 2.44. The van der Waals surface area contributed by atoms with Gasteiger partial charge < -0.3 is 4.65 Å². The average Bonchev–Trinajstić information content (AvgIpc) is 1.86.